The van der Waals surface area contributed by atoms with Crippen LogP contribution >= 0.6 is 0 Å². The molecule has 0 aromatic heterocycles. The Morgan fingerprint density at radius 1 is 1.62 bits per heavy atom. The average Bonchev–Trinajstić information content (AvgIpc) is 2.16. The fourth-order valence-corrected chi connectivity index (χ4v) is 1.27. The van der Waals surface area contributed by atoms with E-state index in [4.69, 9.17) is 9.47 Å². The summed E-state index contributed by atoms with van der Waals surface area (Å²) in [6.07, 6.45) is 4.82. The van der Waals surface area contributed by atoms with Gasteiger partial charge in [0.1, 0.15) is 6.33 Å². The SMILES string of the molecule is CC(C=C=CF)OC1CCCCO1. The number of halogens is 1. The Bertz CT molecular complexity index is 191. The standard InChI is InChI=1S/C10H15FO2/c1-9(5-4-7-11)13-10-6-2-3-8-12-10/h5,7,9-10H,2-3,6,8H2,1H3. The van der Waals surface area contributed by atoms with Gasteiger partial charge in [-0.15, -0.1) is 0 Å². The molecule has 0 saturated carbocycles. The van der Waals surface area contributed by atoms with Crippen LogP contribution in [-0.2, 0) is 9.47 Å². The summed E-state index contributed by atoms with van der Waals surface area (Å²) >= 11 is 0. The molecule has 1 rings (SSSR count). The van der Waals surface area contributed by atoms with Crippen molar-refractivity contribution < 1.29 is 13.9 Å². The van der Waals surface area contributed by atoms with Crippen molar-refractivity contribution in [3.63, 3.8) is 0 Å². The third-order valence-corrected chi connectivity index (χ3v) is 1.90. The van der Waals surface area contributed by atoms with Crippen LogP contribution < -0.4 is 0 Å². The lowest BCUT2D eigenvalue weighted by Crippen LogP contribution is -2.25. The van der Waals surface area contributed by atoms with Crippen LogP contribution in [0.2, 0.25) is 0 Å². The molecule has 0 aliphatic carbocycles. The number of rotatable bonds is 3. The Morgan fingerprint density at radius 2 is 2.46 bits per heavy atom. The molecule has 2 nitrogen and oxygen atoms in total. The molecular weight excluding hydrogens is 171 g/mol. The molecule has 13 heavy (non-hydrogen) atoms. The molecule has 74 valence electrons. The van der Waals surface area contributed by atoms with Crippen molar-refractivity contribution in [2.45, 2.75) is 38.6 Å². The first-order valence-corrected chi connectivity index (χ1v) is 4.61. The van der Waals surface area contributed by atoms with Gasteiger partial charge in [-0.2, -0.15) is 0 Å². The Hall–Kier alpha value is -0.630. The van der Waals surface area contributed by atoms with Crippen LogP contribution in [0.1, 0.15) is 26.2 Å². The van der Waals surface area contributed by atoms with Crippen molar-refractivity contribution in [1.82, 2.24) is 0 Å². The van der Waals surface area contributed by atoms with Crippen LogP contribution in [0.15, 0.2) is 18.1 Å². The third kappa shape index (κ3) is 4.23. The van der Waals surface area contributed by atoms with E-state index in [1.807, 2.05) is 6.92 Å². The molecule has 0 aromatic rings. The molecule has 1 aliphatic rings. The van der Waals surface area contributed by atoms with Crippen molar-refractivity contribution in [3.05, 3.63) is 18.1 Å². The Kier molecular flexibility index (Phi) is 4.76. The van der Waals surface area contributed by atoms with E-state index in [-0.39, 0.29) is 12.4 Å². The van der Waals surface area contributed by atoms with E-state index in [1.54, 1.807) is 0 Å². The second-order valence-electron chi connectivity index (χ2n) is 3.08. The highest BCUT2D eigenvalue weighted by Gasteiger charge is 2.15. The van der Waals surface area contributed by atoms with Crippen molar-refractivity contribution in [2.24, 2.45) is 0 Å². The first-order chi connectivity index (χ1) is 6.33. The maximum Gasteiger partial charge on any atom is 0.158 e. The van der Waals surface area contributed by atoms with Crippen LogP contribution in [0.4, 0.5) is 4.39 Å². The topological polar surface area (TPSA) is 18.5 Å². The molecule has 0 aromatic carbocycles. The van der Waals surface area contributed by atoms with E-state index in [2.05, 4.69) is 5.73 Å². The third-order valence-electron chi connectivity index (χ3n) is 1.90. The highest BCUT2D eigenvalue weighted by molar-refractivity contribution is 4.85. The molecule has 2 unspecified atom stereocenters. The van der Waals surface area contributed by atoms with Gasteiger partial charge in [-0.25, -0.2) is 4.39 Å². The minimum absolute atomic E-state index is 0.124. The number of hydrogen-bond acceptors (Lipinski definition) is 2. The second-order valence-corrected chi connectivity index (χ2v) is 3.08. The van der Waals surface area contributed by atoms with Gasteiger partial charge in [0.2, 0.25) is 0 Å². The second kappa shape index (κ2) is 5.92. The van der Waals surface area contributed by atoms with Crippen molar-refractivity contribution in [2.75, 3.05) is 6.61 Å². The first kappa shape index (κ1) is 10.5. The summed E-state index contributed by atoms with van der Waals surface area (Å²) in [4.78, 5) is 0. The minimum Gasteiger partial charge on any atom is -0.353 e. The molecule has 1 fully saturated rings. The van der Waals surface area contributed by atoms with Gasteiger partial charge >= 0.3 is 0 Å². The van der Waals surface area contributed by atoms with Crippen LogP contribution in [0.5, 0.6) is 0 Å². The van der Waals surface area contributed by atoms with Gasteiger partial charge in [0, 0.05) is 6.61 Å². The summed E-state index contributed by atoms with van der Waals surface area (Å²) in [6.45, 7) is 2.61. The highest BCUT2D eigenvalue weighted by Crippen LogP contribution is 2.15. The number of hydrogen-bond donors (Lipinski definition) is 0. The van der Waals surface area contributed by atoms with Crippen LogP contribution in [-0.4, -0.2) is 19.0 Å². The molecular formula is C10H15FO2. The summed E-state index contributed by atoms with van der Waals surface area (Å²) in [5.74, 6) is 0. The average molecular weight is 186 g/mol. The Balaban J connectivity index is 2.25. The van der Waals surface area contributed by atoms with Crippen molar-refractivity contribution >= 4 is 0 Å². The van der Waals surface area contributed by atoms with Gasteiger partial charge in [-0.05, 0) is 32.3 Å². The zero-order chi connectivity index (χ0) is 9.52. The minimum atomic E-state index is -0.143. The Morgan fingerprint density at radius 3 is 3.08 bits per heavy atom. The normalized spacial score (nSPS) is 24.6. The van der Waals surface area contributed by atoms with E-state index < -0.39 is 0 Å². The highest BCUT2D eigenvalue weighted by atomic mass is 19.1. The largest absolute Gasteiger partial charge is 0.353 e. The van der Waals surface area contributed by atoms with Gasteiger partial charge in [0.25, 0.3) is 0 Å². The van der Waals surface area contributed by atoms with Crippen LogP contribution in [0.3, 0.4) is 0 Å². The van der Waals surface area contributed by atoms with Gasteiger partial charge in [-0.3, -0.25) is 0 Å². The summed E-state index contributed by atoms with van der Waals surface area (Å²) in [5, 5.41) is 0. The van der Waals surface area contributed by atoms with E-state index in [0.29, 0.717) is 6.33 Å². The van der Waals surface area contributed by atoms with Gasteiger partial charge < -0.3 is 9.47 Å². The van der Waals surface area contributed by atoms with Gasteiger partial charge in [-0.1, -0.05) is 5.73 Å². The first-order valence-electron chi connectivity index (χ1n) is 4.61. The van der Waals surface area contributed by atoms with E-state index in [1.165, 1.54) is 6.08 Å². The van der Waals surface area contributed by atoms with Crippen molar-refractivity contribution in [3.8, 4) is 0 Å². The molecule has 1 saturated heterocycles. The maximum absolute atomic E-state index is 11.6. The summed E-state index contributed by atoms with van der Waals surface area (Å²) in [6, 6.07) is 0. The van der Waals surface area contributed by atoms with Crippen LogP contribution in [0.25, 0.3) is 0 Å². The van der Waals surface area contributed by atoms with E-state index >= 15 is 0 Å². The fraction of sp³-hybridized carbons (Fsp3) is 0.700. The predicted octanol–water partition coefficient (Wildman–Crippen LogP) is 2.56. The van der Waals surface area contributed by atoms with E-state index in [0.717, 1.165) is 25.9 Å². The predicted molar refractivity (Wildman–Crippen MR) is 47.9 cm³/mol. The monoisotopic (exact) mass is 186 g/mol. The molecule has 0 amide bonds. The quantitative estimate of drug-likeness (QED) is 0.630. The molecule has 0 radical (unpaired) electrons. The molecule has 0 spiro atoms. The van der Waals surface area contributed by atoms with Crippen molar-refractivity contribution in [1.29, 1.82) is 0 Å². The number of ether oxygens (including phenoxy) is 2. The maximum atomic E-state index is 11.6. The summed E-state index contributed by atoms with van der Waals surface area (Å²) in [7, 11) is 0. The van der Waals surface area contributed by atoms with Gasteiger partial charge in [0.05, 0.1) is 6.10 Å². The van der Waals surface area contributed by atoms with Gasteiger partial charge in [0.15, 0.2) is 6.29 Å². The lowest BCUT2D eigenvalue weighted by atomic mass is 10.2. The summed E-state index contributed by atoms with van der Waals surface area (Å²) < 4.78 is 22.4. The molecule has 0 N–H and O–H groups in total. The van der Waals surface area contributed by atoms with E-state index in [9.17, 15) is 4.39 Å². The molecule has 1 heterocycles. The molecule has 2 atom stereocenters. The molecule has 1 aliphatic heterocycles. The lowest BCUT2D eigenvalue weighted by Gasteiger charge is -2.24. The zero-order valence-electron chi connectivity index (χ0n) is 7.83. The fourth-order valence-electron chi connectivity index (χ4n) is 1.27. The smallest absolute Gasteiger partial charge is 0.158 e. The zero-order valence-corrected chi connectivity index (χ0v) is 7.83. The lowest BCUT2D eigenvalue weighted by molar-refractivity contribution is -0.174. The Labute approximate surface area is 78.0 Å². The summed E-state index contributed by atoms with van der Waals surface area (Å²) in [5.41, 5.74) is 2.34. The molecule has 0 bridgehead atoms. The van der Waals surface area contributed by atoms with Crippen LogP contribution in [0, 0.1) is 0 Å². The molecule has 3 heteroatoms.